The van der Waals surface area contributed by atoms with Crippen LogP contribution in [0.3, 0.4) is 0 Å². The van der Waals surface area contributed by atoms with Crippen molar-refractivity contribution in [2.24, 2.45) is 0 Å². The van der Waals surface area contributed by atoms with Gasteiger partial charge in [0.15, 0.2) is 6.61 Å². The predicted molar refractivity (Wildman–Crippen MR) is 155 cm³/mol. The first-order valence-electron chi connectivity index (χ1n) is 12.4. The second-order valence-corrected chi connectivity index (χ2v) is 11.1. The Morgan fingerprint density at radius 3 is 2.53 bits per heavy atom. The van der Waals surface area contributed by atoms with Crippen LogP contribution in [0.2, 0.25) is 5.02 Å². The maximum absolute atomic E-state index is 13.3. The molecule has 0 aromatic heterocycles. The smallest absolute Gasteiger partial charge is 0.260 e. The van der Waals surface area contributed by atoms with E-state index in [9.17, 15) is 14.0 Å². The summed E-state index contributed by atoms with van der Waals surface area (Å²) < 4.78 is 20.0. The Balaban J connectivity index is 1.34. The van der Waals surface area contributed by atoms with Gasteiger partial charge in [-0.15, -0.1) is 0 Å². The summed E-state index contributed by atoms with van der Waals surface area (Å²) >= 11 is 8.33. The molecule has 0 aliphatic carbocycles. The minimum absolute atomic E-state index is 0.0000647. The second kappa shape index (κ2) is 12.9. The molecule has 1 N–H and O–H groups in total. The Morgan fingerprint density at radius 2 is 1.79 bits per heavy atom. The fourth-order valence-electron chi connectivity index (χ4n) is 4.56. The molecule has 0 bridgehead atoms. The van der Waals surface area contributed by atoms with Crippen molar-refractivity contribution in [1.82, 2.24) is 15.1 Å². The molecule has 4 rings (SSSR count). The zero-order valence-electron chi connectivity index (χ0n) is 21.3. The van der Waals surface area contributed by atoms with Crippen LogP contribution < -0.4 is 10.1 Å². The molecular weight excluding hydrogens is 620 g/mol. The van der Waals surface area contributed by atoms with Gasteiger partial charge in [0.25, 0.3) is 11.8 Å². The predicted octanol–water partition coefficient (Wildman–Crippen LogP) is 5.51. The van der Waals surface area contributed by atoms with Gasteiger partial charge >= 0.3 is 0 Å². The standard InChI is InChI=1S/C29H30ClFIN3O3/c1-19-16-35(20(2)15-34(19)17-21-7-10-24(31)11-8-21)28(36)18-38-27-12-9-23(30)13-22(27)14-33-29(37)25-5-3-4-6-26(25)32/h3-13,19-20H,14-18H2,1-2H3,(H,33,37)/t19-,20+/m1/s1. The summed E-state index contributed by atoms with van der Waals surface area (Å²) in [4.78, 5) is 30.0. The number of nitrogens with one attached hydrogen (secondary N) is 1. The van der Waals surface area contributed by atoms with Crippen LogP contribution in [0, 0.1) is 9.39 Å². The van der Waals surface area contributed by atoms with Crippen LogP contribution in [0.15, 0.2) is 66.7 Å². The van der Waals surface area contributed by atoms with Gasteiger partial charge < -0.3 is 15.0 Å². The van der Waals surface area contributed by atoms with E-state index in [1.807, 2.05) is 30.0 Å². The maximum Gasteiger partial charge on any atom is 0.260 e. The van der Waals surface area contributed by atoms with Gasteiger partial charge in [-0.3, -0.25) is 14.5 Å². The van der Waals surface area contributed by atoms with Gasteiger partial charge in [-0.1, -0.05) is 35.9 Å². The lowest BCUT2D eigenvalue weighted by Crippen LogP contribution is -2.58. The first-order chi connectivity index (χ1) is 18.2. The van der Waals surface area contributed by atoms with E-state index in [0.29, 0.717) is 41.5 Å². The van der Waals surface area contributed by atoms with Crippen LogP contribution >= 0.6 is 34.2 Å². The number of ether oxygens (including phenoxy) is 1. The molecule has 0 radical (unpaired) electrons. The molecule has 6 nitrogen and oxygen atoms in total. The summed E-state index contributed by atoms with van der Waals surface area (Å²) in [5, 5.41) is 3.43. The SMILES string of the molecule is C[C@@H]1CN(C(=O)COc2ccc(Cl)cc2CNC(=O)c2ccccc2I)[C@@H](C)CN1Cc1ccc(F)cc1. The van der Waals surface area contributed by atoms with Crippen molar-refractivity contribution >= 4 is 46.0 Å². The topological polar surface area (TPSA) is 61.9 Å². The van der Waals surface area contributed by atoms with Crippen LogP contribution in [0.25, 0.3) is 0 Å². The number of benzene rings is 3. The number of piperazine rings is 1. The maximum atomic E-state index is 13.3. The number of hydrogen-bond donors (Lipinski definition) is 1. The largest absolute Gasteiger partial charge is 0.483 e. The highest BCUT2D eigenvalue weighted by Crippen LogP contribution is 2.24. The summed E-state index contributed by atoms with van der Waals surface area (Å²) in [5.41, 5.74) is 2.32. The summed E-state index contributed by atoms with van der Waals surface area (Å²) in [7, 11) is 0. The number of carbonyl (C=O) groups excluding carboxylic acids is 2. The van der Waals surface area contributed by atoms with Crippen molar-refractivity contribution in [3.8, 4) is 5.75 Å². The number of hydrogen-bond acceptors (Lipinski definition) is 4. The minimum atomic E-state index is -0.247. The molecule has 1 aliphatic rings. The highest BCUT2D eigenvalue weighted by Gasteiger charge is 2.32. The van der Waals surface area contributed by atoms with Crippen molar-refractivity contribution in [1.29, 1.82) is 0 Å². The molecule has 1 aliphatic heterocycles. The lowest BCUT2D eigenvalue weighted by atomic mass is 10.1. The number of amides is 2. The van der Waals surface area contributed by atoms with E-state index in [-0.39, 0.29) is 42.9 Å². The Kier molecular flexibility index (Phi) is 9.62. The third-order valence-corrected chi connectivity index (χ3v) is 7.84. The van der Waals surface area contributed by atoms with Gasteiger partial charge in [-0.2, -0.15) is 0 Å². The molecule has 9 heteroatoms. The zero-order valence-corrected chi connectivity index (χ0v) is 24.2. The molecule has 2 atom stereocenters. The van der Waals surface area contributed by atoms with Crippen LogP contribution in [0.5, 0.6) is 5.75 Å². The van der Waals surface area contributed by atoms with Crippen LogP contribution in [-0.4, -0.2) is 53.4 Å². The lowest BCUT2D eigenvalue weighted by molar-refractivity contribution is -0.139. The van der Waals surface area contributed by atoms with Gasteiger partial charge in [0.1, 0.15) is 11.6 Å². The summed E-state index contributed by atoms with van der Waals surface area (Å²) in [5.74, 6) is -0.0443. The molecule has 0 spiro atoms. The monoisotopic (exact) mass is 649 g/mol. The average molecular weight is 650 g/mol. The normalized spacial score (nSPS) is 17.8. The van der Waals surface area contributed by atoms with Crippen molar-refractivity contribution in [2.75, 3.05) is 19.7 Å². The van der Waals surface area contributed by atoms with E-state index in [1.165, 1.54) is 12.1 Å². The van der Waals surface area contributed by atoms with E-state index < -0.39 is 0 Å². The van der Waals surface area contributed by atoms with Crippen LogP contribution in [0.1, 0.15) is 35.3 Å². The molecular formula is C29H30ClFIN3O3. The number of nitrogens with zero attached hydrogens (tertiary/aromatic N) is 2. The molecule has 3 aromatic carbocycles. The molecule has 0 unspecified atom stereocenters. The molecule has 200 valence electrons. The Morgan fingerprint density at radius 1 is 1.05 bits per heavy atom. The average Bonchev–Trinajstić information content (AvgIpc) is 2.90. The minimum Gasteiger partial charge on any atom is -0.483 e. The molecule has 2 amide bonds. The van der Waals surface area contributed by atoms with Gasteiger partial charge in [0.05, 0.1) is 5.56 Å². The Labute approximate surface area is 241 Å². The van der Waals surface area contributed by atoms with Gasteiger partial charge in [0, 0.05) is 52.4 Å². The summed E-state index contributed by atoms with van der Waals surface area (Å²) in [6, 6.07) is 19.2. The van der Waals surface area contributed by atoms with Gasteiger partial charge in [-0.05, 0) is 84.5 Å². The molecule has 1 heterocycles. The zero-order chi connectivity index (χ0) is 27.2. The third-order valence-electron chi connectivity index (χ3n) is 6.67. The number of carbonyl (C=O) groups is 2. The quantitative estimate of drug-likeness (QED) is 0.327. The highest BCUT2D eigenvalue weighted by atomic mass is 127. The highest BCUT2D eigenvalue weighted by molar-refractivity contribution is 14.1. The lowest BCUT2D eigenvalue weighted by Gasteiger charge is -2.44. The van der Waals surface area contributed by atoms with Gasteiger partial charge in [-0.25, -0.2) is 4.39 Å². The van der Waals surface area contributed by atoms with Gasteiger partial charge in [0.2, 0.25) is 0 Å². The Bertz CT molecular complexity index is 1290. The number of rotatable bonds is 8. The summed E-state index contributed by atoms with van der Waals surface area (Å²) in [6.45, 7) is 6.19. The first kappa shape index (κ1) is 28.3. The Hall–Kier alpha value is -2.69. The van der Waals surface area contributed by atoms with E-state index >= 15 is 0 Å². The fourth-order valence-corrected chi connectivity index (χ4v) is 5.38. The van der Waals surface area contributed by atoms with E-state index in [0.717, 1.165) is 9.13 Å². The van der Waals surface area contributed by atoms with Crippen molar-refractivity contribution in [3.05, 3.63) is 97.8 Å². The molecule has 1 saturated heterocycles. The van der Waals surface area contributed by atoms with Crippen molar-refractivity contribution in [3.63, 3.8) is 0 Å². The van der Waals surface area contributed by atoms with E-state index in [2.05, 4.69) is 39.7 Å². The molecule has 38 heavy (non-hydrogen) atoms. The van der Waals surface area contributed by atoms with Crippen LogP contribution in [0.4, 0.5) is 4.39 Å². The second-order valence-electron chi connectivity index (χ2n) is 9.50. The fraction of sp³-hybridized carbons (Fsp3) is 0.310. The first-order valence-corrected chi connectivity index (χ1v) is 13.9. The van der Waals surface area contributed by atoms with Crippen LogP contribution in [-0.2, 0) is 17.9 Å². The number of halogens is 3. The molecule has 0 saturated carbocycles. The molecule has 1 fully saturated rings. The van der Waals surface area contributed by atoms with Crippen molar-refractivity contribution in [2.45, 2.75) is 39.0 Å². The van der Waals surface area contributed by atoms with E-state index in [4.69, 9.17) is 16.3 Å². The summed E-state index contributed by atoms with van der Waals surface area (Å²) in [6.07, 6.45) is 0. The third kappa shape index (κ3) is 7.24. The van der Waals surface area contributed by atoms with Crippen molar-refractivity contribution < 1.29 is 18.7 Å². The molecule has 3 aromatic rings. The van der Waals surface area contributed by atoms with E-state index in [1.54, 1.807) is 36.4 Å².